The Morgan fingerprint density at radius 3 is 2.67 bits per heavy atom. The lowest BCUT2D eigenvalue weighted by atomic mass is 9.87. The van der Waals surface area contributed by atoms with Gasteiger partial charge in [0.1, 0.15) is 0 Å². The van der Waals surface area contributed by atoms with Crippen LogP contribution in [0.1, 0.15) is 12.0 Å². The molecule has 24 heavy (non-hydrogen) atoms. The first-order valence-electron chi connectivity index (χ1n) is 7.77. The molecule has 8 heteroatoms. The maximum Gasteiger partial charge on any atom is 0.242 e. The Balaban J connectivity index is 2.29. The van der Waals surface area contributed by atoms with Crippen molar-refractivity contribution in [3.8, 4) is 0 Å². The molecule has 0 aliphatic carbocycles. The van der Waals surface area contributed by atoms with E-state index in [-0.39, 0.29) is 10.8 Å². The molecule has 0 radical (unpaired) electrons. The monoisotopic (exact) mass is 355 g/mol. The van der Waals surface area contributed by atoms with E-state index in [1.165, 1.54) is 20.2 Å². The molecular weight excluding hydrogens is 330 g/mol. The standard InChI is InChI=1S/C16H25N3O4S/c1-12-5-6-13(9-14(12)24(21,22)19(2)3)18-15(20)16(11-23-4)7-8-17-10-16/h5-6,9,17H,7-8,10-11H2,1-4H3,(H,18,20). The number of hydrogen-bond acceptors (Lipinski definition) is 5. The van der Waals surface area contributed by atoms with Gasteiger partial charge in [0, 0.05) is 33.4 Å². The van der Waals surface area contributed by atoms with Gasteiger partial charge >= 0.3 is 0 Å². The van der Waals surface area contributed by atoms with E-state index in [0.29, 0.717) is 30.8 Å². The van der Waals surface area contributed by atoms with Crippen molar-refractivity contribution in [1.82, 2.24) is 9.62 Å². The van der Waals surface area contributed by atoms with Crippen LogP contribution in [0.3, 0.4) is 0 Å². The number of amides is 1. The lowest BCUT2D eigenvalue weighted by molar-refractivity contribution is -0.127. The van der Waals surface area contributed by atoms with Gasteiger partial charge in [-0.2, -0.15) is 0 Å². The Morgan fingerprint density at radius 1 is 1.42 bits per heavy atom. The van der Waals surface area contributed by atoms with Gasteiger partial charge in [-0.1, -0.05) is 6.07 Å². The highest BCUT2D eigenvalue weighted by Crippen LogP contribution is 2.29. The summed E-state index contributed by atoms with van der Waals surface area (Å²) in [5.41, 5.74) is 0.476. The normalized spacial score (nSPS) is 21.2. The number of nitrogens with zero attached hydrogens (tertiary/aromatic N) is 1. The lowest BCUT2D eigenvalue weighted by Crippen LogP contribution is -2.41. The van der Waals surface area contributed by atoms with E-state index in [4.69, 9.17) is 4.74 Å². The van der Waals surface area contributed by atoms with Crippen molar-refractivity contribution in [1.29, 1.82) is 0 Å². The van der Waals surface area contributed by atoms with Crippen LogP contribution in [0, 0.1) is 12.3 Å². The van der Waals surface area contributed by atoms with E-state index in [9.17, 15) is 13.2 Å². The molecule has 2 N–H and O–H groups in total. The molecule has 2 rings (SSSR count). The molecule has 1 aromatic rings. The topological polar surface area (TPSA) is 87.7 Å². The van der Waals surface area contributed by atoms with Crippen molar-refractivity contribution in [3.05, 3.63) is 23.8 Å². The number of methoxy groups -OCH3 is 1. The third-order valence-electron chi connectivity index (χ3n) is 4.35. The lowest BCUT2D eigenvalue weighted by Gasteiger charge is -2.26. The number of hydrogen-bond donors (Lipinski definition) is 2. The number of anilines is 1. The summed E-state index contributed by atoms with van der Waals surface area (Å²) >= 11 is 0. The van der Waals surface area contributed by atoms with Crippen LogP contribution in [0.4, 0.5) is 5.69 Å². The number of carbonyl (C=O) groups is 1. The number of rotatable bonds is 6. The van der Waals surface area contributed by atoms with Crippen LogP contribution in [0.5, 0.6) is 0 Å². The van der Waals surface area contributed by atoms with Crippen molar-refractivity contribution in [2.45, 2.75) is 18.2 Å². The average molecular weight is 355 g/mol. The molecule has 134 valence electrons. The summed E-state index contributed by atoms with van der Waals surface area (Å²) in [6, 6.07) is 4.91. The molecule has 1 fully saturated rings. The van der Waals surface area contributed by atoms with Gasteiger partial charge in [0.2, 0.25) is 15.9 Å². The molecular formula is C16H25N3O4S. The first-order chi connectivity index (χ1) is 11.2. The highest BCUT2D eigenvalue weighted by atomic mass is 32.2. The molecule has 1 atom stereocenters. The zero-order valence-electron chi connectivity index (χ0n) is 14.5. The van der Waals surface area contributed by atoms with Gasteiger partial charge in [-0.25, -0.2) is 12.7 Å². The van der Waals surface area contributed by atoms with E-state index < -0.39 is 15.4 Å². The molecule has 7 nitrogen and oxygen atoms in total. The highest BCUT2D eigenvalue weighted by molar-refractivity contribution is 7.89. The first-order valence-corrected chi connectivity index (χ1v) is 9.21. The number of benzene rings is 1. The van der Waals surface area contributed by atoms with Crippen molar-refractivity contribution in [2.24, 2.45) is 5.41 Å². The zero-order valence-corrected chi connectivity index (χ0v) is 15.4. The SMILES string of the molecule is COCC1(C(=O)Nc2ccc(C)c(S(=O)(=O)N(C)C)c2)CCNC1. The molecule has 0 aromatic heterocycles. The van der Waals surface area contributed by atoms with Gasteiger partial charge in [-0.3, -0.25) is 4.79 Å². The predicted molar refractivity (Wildman–Crippen MR) is 92.5 cm³/mol. The fourth-order valence-corrected chi connectivity index (χ4v) is 3.96. The van der Waals surface area contributed by atoms with Crippen molar-refractivity contribution in [2.75, 3.05) is 46.2 Å². The van der Waals surface area contributed by atoms with Crippen LogP contribution in [0.15, 0.2) is 23.1 Å². The average Bonchev–Trinajstić information content (AvgIpc) is 2.99. The Labute approximate surface area is 143 Å². The molecule has 1 amide bonds. The van der Waals surface area contributed by atoms with Crippen LogP contribution < -0.4 is 10.6 Å². The van der Waals surface area contributed by atoms with Crippen LogP contribution in [0.2, 0.25) is 0 Å². The Hall–Kier alpha value is -1.48. The number of nitrogens with one attached hydrogen (secondary N) is 2. The summed E-state index contributed by atoms with van der Waals surface area (Å²) in [6.07, 6.45) is 0.682. The van der Waals surface area contributed by atoms with E-state index in [1.807, 2.05) is 0 Å². The smallest absolute Gasteiger partial charge is 0.242 e. The molecule has 1 unspecified atom stereocenters. The van der Waals surface area contributed by atoms with Crippen molar-refractivity contribution < 1.29 is 17.9 Å². The Morgan fingerprint density at radius 2 is 2.12 bits per heavy atom. The van der Waals surface area contributed by atoms with Crippen LogP contribution in [0.25, 0.3) is 0 Å². The minimum absolute atomic E-state index is 0.161. The Kier molecular flexibility index (Phi) is 5.64. The second-order valence-corrected chi connectivity index (χ2v) is 8.48. The molecule has 1 aliphatic rings. The fraction of sp³-hybridized carbons (Fsp3) is 0.562. The maximum atomic E-state index is 12.7. The van der Waals surface area contributed by atoms with E-state index in [0.717, 1.165) is 10.8 Å². The summed E-state index contributed by atoms with van der Waals surface area (Å²) in [5.74, 6) is -0.161. The molecule has 0 spiro atoms. The maximum absolute atomic E-state index is 12.7. The summed E-state index contributed by atoms with van der Waals surface area (Å²) in [7, 11) is 0.973. The van der Waals surface area contributed by atoms with Gasteiger partial charge < -0.3 is 15.4 Å². The summed E-state index contributed by atoms with van der Waals surface area (Å²) in [6.45, 7) is 3.35. The predicted octanol–water partition coefficient (Wildman–Crippen LogP) is 0.810. The van der Waals surface area contributed by atoms with Crippen LogP contribution >= 0.6 is 0 Å². The highest BCUT2D eigenvalue weighted by Gasteiger charge is 2.41. The molecule has 1 heterocycles. The van der Waals surface area contributed by atoms with Gasteiger partial charge in [-0.15, -0.1) is 0 Å². The minimum atomic E-state index is -3.57. The molecule has 1 aromatic carbocycles. The number of aryl methyl sites for hydroxylation is 1. The number of sulfonamides is 1. The van der Waals surface area contributed by atoms with Gasteiger partial charge in [0.25, 0.3) is 0 Å². The van der Waals surface area contributed by atoms with Gasteiger partial charge in [0.05, 0.1) is 16.9 Å². The van der Waals surface area contributed by atoms with Crippen LogP contribution in [-0.2, 0) is 19.6 Å². The zero-order chi connectivity index (χ0) is 18.0. The quantitative estimate of drug-likeness (QED) is 0.788. The summed E-state index contributed by atoms with van der Waals surface area (Å²) in [5, 5.41) is 6.03. The number of carbonyl (C=O) groups excluding carboxylic acids is 1. The molecule has 1 saturated heterocycles. The minimum Gasteiger partial charge on any atom is -0.384 e. The van der Waals surface area contributed by atoms with Gasteiger partial charge in [0.15, 0.2) is 0 Å². The third kappa shape index (κ3) is 3.61. The van der Waals surface area contributed by atoms with Crippen molar-refractivity contribution in [3.63, 3.8) is 0 Å². The second kappa shape index (κ2) is 7.18. The first kappa shape index (κ1) is 18.9. The third-order valence-corrected chi connectivity index (χ3v) is 6.31. The Bertz CT molecular complexity index is 710. The summed E-state index contributed by atoms with van der Waals surface area (Å²) in [4.78, 5) is 12.9. The van der Waals surface area contributed by atoms with Crippen LogP contribution in [-0.4, -0.2) is 59.5 Å². The van der Waals surface area contributed by atoms with Gasteiger partial charge in [-0.05, 0) is 37.6 Å². The molecule has 0 bridgehead atoms. The second-order valence-electron chi connectivity index (χ2n) is 6.36. The largest absolute Gasteiger partial charge is 0.384 e. The molecule has 0 saturated carbocycles. The molecule has 1 aliphatic heterocycles. The van der Waals surface area contributed by atoms with E-state index in [1.54, 1.807) is 26.2 Å². The fourth-order valence-electron chi connectivity index (χ4n) is 2.82. The number of ether oxygens (including phenoxy) is 1. The van der Waals surface area contributed by atoms with E-state index in [2.05, 4.69) is 10.6 Å². The summed E-state index contributed by atoms with van der Waals surface area (Å²) < 4.78 is 31.2. The van der Waals surface area contributed by atoms with E-state index >= 15 is 0 Å². The van der Waals surface area contributed by atoms with Crippen molar-refractivity contribution >= 4 is 21.6 Å².